The molecule has 0 unspecified atom stereocenters. The van der Waals surface area contributed by atoms with E-state index in [9.17, 15) is 4.79 Å². The molecule has 0 saturated carbocycles. The Morgan fingerprint density at radius 3 is 2.81 bits per heavy atom. The molecular weight excluding hydrogens is 350 g/mol. The van der Waals surface area contributed by atoms with Gasteiger partial charge in [0.15, 0.2) is 0 Å². The average Bonchev–Trinajstić information content (AvgIpc) is 3.02. The first-order chi connectivity index (χ1) is 12.6. The standard InChI is InChI=1S/C19H18ClN5O/c1-2-24(10-14-11-25-9-13(20)7-8-18(25)21-14)12-17-22-16-6-4-3-5-15(16)19(26)23-17/h3-9,11H,2,10,12H2,1H3,(H,22,23,26). The van der Waals surface area contributed by atoms with Crippen molar-refractivity contribution in [2.75, 3.05) is 6.54 Å². The number of pyridine rings is 1. The number of aromatic amines is 1. The number of para-hydroxylation sites is 1. The van der Waals surface area contributed by atoms with Gasteiger partial charge >= 0.3 is 0 Å². The van der Waals surface area contributed by atoms with E-state index in [-0.39, 0.29) is 5.56 Å². The van der Waals surface area contributed by atoms with Gasteiger partial charge in [-0.1, -0.05) is 30.7 Å². The van der Waals surface area contributed by atoms with Crippen molar-refractivity contribution in [3.8, 4) is 0 Å². The van der Waals surface area contributed by atoms with Crippen LogP contribution in [0, 0.1) is 0 Å². The third kappa shape index (κ3) is 3.34. The fourth-order valence-electron chi connectivity index (χ4n) is 3.02. The van der Waals surface area contributed by atoms with Crippen molar-refractivity contribution in [3.63, 3.8) is 0 Å². The predicted octanol–water partition coefficient (Wildman–Crippen LogP) is 3.25. The van der Waals surface area contributed by atoms with Crippen molar-refractivity contribution in [1.29, 1.82) is 0 Å². The molecular formula is C19H18ClN5O. The molecule has 3 heterocycles. The molecule has 6 nitrogen and oxygen atoms in total. The smallest absolute Gasteiger partial charge is 0.258 e. The molecule has 7 heteroatoms. The van der Waals surface area contributed by atoms with Crippen LogP contribution in [-0.4, -0.2) is 30.8 Å². The molecule has 0 aliphatic carbocycles. The van der Waals surface area contributed by atoms with Crippen LogP contribution in [0.25, 0.3) is 16.6 Å². The highest BCUT2D eigenvalue weighted by molar-refractivity contribution is 6.30. The van der Waals surface area contributed by atoms with Crippen LogP contribution in [0.4, 0.5) is 0 Å². The van der Waals surface area contributed by atoms with Crippen LogP contribution in [0.15, 0.2) is 53.6 Å². The molecule has 4 aromatic rings. The summed E-state index contributed by atoms with van der Waals surface area (Å²) in [7, 11) is 0. The number of benzene rings is 1. The van der Waals surface area contributed by atoms with Gasteiger partial charge in [-0.05, 0) is 30.8 Å². The Morgan fingerprint density at radius 2 is 1.96 bits per heavy atom. The van der Waals surface area contributed by atoms with Crippen molar-refractivity contribution < 1.29 is 0 Å². The number of imidazole rings is 1. The zero-order valence-electron chi connectivity index (χ0n) is 14.3. The van der Waals surface area contributed by atoms with Gasteiger partial charge in [-0.15, -0.1) is 0 Å². The van der Waals surface area contributed by atoms with Crippen molar-refractivity contribution in [2.45, 2.75) is 20.0 Å². The van der Waals surface area contributed by atoms with Gasteiger partial charge in [0.25, 0.3) is 5.56 Å². The van der Waals surface area contributed by atoms with E-state index in [1.165, 1.54) is 0 Å². The van der Waals surface area contributed by atoms with E-state index < -0.39 is 0 Å². The topological polar surface area (TPSA) is 66.3 Å². The number of hydrogen-bond acceptors (Lipinski definition) is 4. The summed E-state index contributed by atoms with van der Waals surface area (Å²) in [5.74, 6) is 0.655. The summed E-state index contributed by atoms with van der Waals surface area (Å²) in [5.41, 5.74) is 2.41. The molecule has 1 aromatic carbocycles. The number of fused-ring (bicyclic) bond motifs is 2. The third-order valence-electron chi connectivity index (χ3n) is 4.33. The molecule has 0 amide bonds. The van der Waals surface area contributed by atoms with Gasteiger partial charge in [0.2, 0.25) is 0 Å². The van der Waals surface area contributed by atoms with Gasteiger partial charge in [-0.25, -0.2) is 9.97 Å². The number of rotatable bonds is 5. The van der Waals surface area contributed by atoms with Crippen LogP contribution >= 0.6 is 11.6 Å². The minimum atomic E-state index is -0.107. The van der Waals surface area contributed by atoms with Crippen molar-refractivity contribution in [3.05, 3.63) is 75.7 Å². The number of nitrogens with zero attached hydrogens (tertiary/aromatic N) is 4. The second kappa shape index (κ2) is 6.90. The number of aromatic nitrogens is 4. The predicted molar refractivity (Wildman–Crippen MR) is 102 cm³/mol. The Balaban J connectivity index is 1.58. The average molecular weight is 368 g/mol. The van der Waals surface area contributed by atoms with Crippen molar-refractivity contribution in [1.82, 2.24) is 24.3 Å². The maximum absolute atomic E-state index is 12.2. The lowest BCUT2D eigenvalue weighted by molar-refractivity contribution is 0.262. The highest BCUT2D eigenvalue weighted by Gasteiger charge is 2.11. The van der Waals surface area contributed by atoms with E-state index in [2.05, 4.69) is 26.8 Å². The molecule has 1 N–H and O–H groups in total. The summed E-state index contributed by atoms with van der Waals surface area (Å²) < 4.78 is 1.92. The van der Waals surface area contributed by atoms with E-state index >= 15 is 0 Å². The zero-order chi connectivity index (χ0) is 18.1. The van der Waals surface area contributed by atoms with Gasteiger partial charge in [0.1, 0.15) is 11.5 Å². The van der Waals surface area contributed by atoms with E-state index in [0.717, 1.165) is 17.9 Å². The first kappa shape index (κ1) is 16.8. The highest BCUT2D eigenvalue weighted by atomic mass is 35.5. The van der Waals surface area contributed by atoms with Crippen LogP contribution in [-0.2, 0) is 13.1 Å². The van der Waals surface area contributed by atoms with Crippen LogP contribution in [0.3, 0.4) is 0 Å². The molecule has 0 atom stereocenters. The molecule has 0 saturated heterocycles. The van der Waals surface area contributed by atoms with E-state index in [1.807, 2.05) is 47.1 Å². The zero-order valence-corrected chi connectivity index (χ0v) is 15.1. The first-order valence-electron chi connectivity index (χ1n) is 8.46. The normalized spacial score (nSPS) is 11.7. The molecule has 3 aromatic heterocycles. The summed E-state index contributed by atoms with van der Waals surface area (Å²) in [4.78, 5) is 26.5. The van der Waals surface area contributed by atoms with Gasteiger partial charge in [-0.3, -0.25) is 9.69 Å². The van der Waals surface area contributed by atoms with Gasteiger partial charge in [-0.2, -0.15) is 0 Å². The van der Waals surface area contributed by atoms with Crippen molar-refractivity contribution in [2.24, 2.45) is 0 Å². The van der Waals surface area contributed by atoms with Crippen LogP contribution in [0.5, 0.6) is 0 Å². The summed E-state index contributed by atoms with van der Waals surface area (Å²) in [5, 5.41) is 1.28. The maximum atomic E-state index is 12.2. The van der Waals surface area contributed by atoms with Crippen LogP contribution in [0.2, 0.25) is 5.02 Å². The fraction of sp³-hybridized carbons (Fsp3) is 0.211. The lowest BCUT2D eigenvalue weighted by Gasteiger charge is -2.18. The molecule has 0 fully saturated rings. The maximum Gasteiger partial charge on any atom is 0.258 e. The Morgan fingerprint density at radius 1 is 1.12 bits per heavy atom. The summed E-state index contributed by atoms with van der Waals surface area (Å²) in [6.45, 7) is 4.09. The molecule has 4 rings (SSSR count). The van der Waals surface area contributed by atoms with Crippen LogP contribution in [0.1, 0.15) is 18.4 Å². The Bertz CT molecular complexity index is 1130. The second-order valence-corrected chi connectivity index (χ2v) is 6.61. The number of nitrogens with one attached hydrogen (secondary N) is 1. The Labute approximate surface area is 155 Å². The Hall–Kier alpha value is -2.70. The van der Waals surface area contributed by atoms with Crippen molar-refractivity contribution >= 4 is 28.2 Å². The Kier molecular flexibility index (Phi) is 4.44. The molecule has 0 bridgehead atoms. The lowest BCUT2D eigenvalue weighted by atomic mass is 10.2. The minimum Gasteiger partial charge on any atom is -0.309 e. The number of H-pyrrole nitrogens is 1. The molecule has 0 aliphatic heterocycles. The molecule has 0 aliphatic rings. The molecule has 0 radical (unpaired) electrons. The monoisotopic (exact) mass is 367 g/mol. The second-order valence-electron chi connectivity index (χ2n) is 6.18. The largest absolute Gasteiger partial charge is 0.309 e. The third-order valence-corrected chi connectivity index (χ3v) is 4.56. The van der Waals surface area contributed by atoms with E-state index in [1.54, 1.807) is 6.07 Å². The van der Waals surface area contributed by atoms with Gasteiger partial charge < -0.3 is 9.38 Å². The van der Waals surface area contributed by atoms with E-state index in [0.29, 0.717) is 34.8 Å². The molecule has 26 heavy (non-hydrogen) atoms. The first-order valence-corrected chi connectivity index (χ1v) is 8.83. The van der Waals surface area contributed by atoms with Gasteiger partial charge in [0, 0.05) is 18.9 Å². The van der Waals surface area contributed by atoms with Crippen LogP contribution < -0.4 is 5.56 Å². The summed E-state index contributed by atoms with van der Waals surface area (Å²) >= 11 is 6.03. The molecule has 0 spiro atoms. The van der Waals surface area contributed by atoms with E-state index in [4.69, 9.17) is 11.6 Å². The quantitative estimate of drug-likeness (QED) is 0.588. The SMILES string of the molecule is CCN(Cc1cn2cc(Cl)ccc2n1)Cc1nc2ccccc2c(=O)[nH]1. The minimum absolute atomic E-state index is 0.107. The van der Waals surface area contributed by atoms with Gasteiger partial charge in [0.05, 0.1) is 28.2 Å². The number of hydrogen-bond donors (Lipinski definition) is 1. The summed E-state index contributed by atoms with van der Waals surface area (Å²) in [6.07, 6.45) is 3.81. The summed E-state index contributed by atoms with van der Waals surface area (Å²) in [6, 6.07) is 11.1. The highest BCUT2D eigenvalue weighted by Crippen LogP contribution is 2.14. The lowest BCUT2D eigenvalue weighted by Crippen LogP contribution is -2.25. The fourth-order valence-corrected chi connectivity index (χ4v) is 3.19. The molecule has 132 valence electrons. The number of halogens is 1.